The molecule has 1 heterocycles. The Morgan fingerprint density at radius 2 is 1.92 bits per heavy atom. The van der Waals surface area contributed by atoms with Gasteiger partial charge in [0.25, 0.3) is 0 Å². The first-order valence-corrected chi connectivity index (χ1v) is 4.69. The smallest absolute Gasteiger partial charge is 0.146 e. The molecule has 1 aromatic carbocycles. The second kappa shape index (κ2) is 3.77. The quantitative estimate of drug-likeness (QED) is 0.642. The van der Waals surface area contributed by atoms with Gasteiger partial charge in [-0.25, -0.2) is 4.39 Å². The summed E-state index contributed by atoms with van der Waals surface area (Å²) in [5.74, 6) is -0.157. The zero-order valence-corrected chi connectivity index (χ0v) is 7.54. The van der Waals surface area contributed by atoms with Crippen LogP contribution in [0.1, 0.15) is 20.6 Å². The van der Waals surface area contributed by atoms with E-state index in [4.69, 9.17) is 1.37 Å². The Kier molecular flexibility index (Phi) is 2.14. The lowest BCUT2D eigenvalue weighted by molar-refractivity contribution is 0.557. The number of halogens is 1. The maximum absolute atomic E-state index is 13.4. The van der Waals surface area contributed by atoms with Gasteiger partial charge in [-0.05, 0) is 31.4 Å². The molecule has 0 spiro atoms. The summed E-state index contributed by atoms with van der Waals surface area (Å²) in [6.07, 6.45) is 1.72. The van der Waals surface area contributed by atoms with Crippen molar-refractivity contribution >= 4 is 5.69 Å². The van der Waals surface area contributed by atoms with Gasteiger partial charge in [-0.15, -0.1) is 0 Å². The lowest BCUT2D eigenvalue weighted by atomic mass is 10.1. The molecule has 1 aliphatic heterocycles. The highest BCUT2D eigenvalue weighted by Crippen LogP contribution is 2.22. The Morgan fingerprint density at radius 3 is 2.62 bits per heavy atom. The highest BCUT2D eigenvalue weighted by molar-refractivity contribution is 5.47. The summed E-state index contributed by atoms with van der Waals surface area (Å²) in [7, 11) is 0. The molecular formula is C11H14FN. The number of nitrogens with zero attached hydrogens (tertiary/aromatic N) is 1. The normalized spacial score (nSPS) is 20.1. The maximum atomic E-state index is 13.4. The standard InChI is InChI=1S/C11H14FN/c12-10-6-2-3-7-11(10)13-8-4-1-5-9-13/h2-3,6-7H,1,4-5,8-9H2/i1D. The van der Waals surface area contributed by atoms with Crippen LogP contribution >= 0.6 is 0 Å². The highest BCUT2D eigenvalue weighted by Gasteiger charge is 2.13. The maximum Gasteiger partial charge on any atom is 0.146 e. The van der Waals surface area contributed by atoms with Crippen LogP contribution in [0, 0.1) is 5.82 Å². The van der Waals surface area contributed by atoms with Gasteiger partial charge < -0.3 is 4.90 Å². The van der Waals surface area contributed by atoms with Crippen LogP contribution in [-0.4, -0.2) is 13.1 Å². The third-order valence-electron chi connectivity index (χ3n) is 2.40. The fourth-order valence-electron chi connectivity index (χ4n) is 1.70. The zero-order chi connectivity index (χ0) is 9.97. The molecule has 1 nitrogen and oxygen atoms in total. The third kappa shape index (κ3) is 1.82. The summed E-state index contributed by atoms with van der Waals surface area (Å²) in [5, 5.41) is 0. The number of para-hydroxylation sites is 1. The van der Waals surface area contributed by atoms with Crippen molar-refractivity contribution in [3.05, 3.63) is 30.1 Å². The second-order valence-corrected chi connectivity index (χ2v) is 3.30. The van der Waals surface area contributed by atoms with E-state index in [1.54, 1.807) is 12.1 Å². The molecule has 0 saturated carbocycles. The van der Waals surface area contributed by atoms with E-state index < -0.39 is 0 Å². The predicted octanol–water partition coefficient (Wildman–Crippen LogP) is 2.82. The zero-order valence-electron chi connectivity index (χ0n) is 8.54. The summed E-state index contributed by atoms with van der Waals surface area (Å²) in [6.45, 7) is 1.60. The van der Waals surface area contributed by atoms with Crippen LogP contribution in [0.4, 0.5) is 10.1 Å². The molecule has 70 valence electrons. The summed E-state index contributed by atoms with van der Waals surface area (Å²) in [5.41, 5.74) is 0.680. The van der Waals surface area contributed by atoms with E-state index in [-0.39, 0.29) is 12.2 Å². The van der Waals surface area contributed by atoms with Gasteiger partial charge in [0.2, 0.25) is 0 Å². The number of rotatable bonds is 1. The molecule has 0 bridgehead atoms. The van der Waals surface area contributed by atoms with Crippen LogP contribution in [0.25, 0.3) is 0 Å². The van der Waals surface area contributed by atoms with E-state index in [0.717, 1.165) is 25.9 Å². The summed E-state index contributed by atoms with van der Waals surface area (Å²) >= 11 is 0. The minimum Gasteiger partial charge on any atom is -0.369 e. The number of hydrogen-bond acceptors (Lipinski definition) is 1. The van der Waals surface area contributed by atoms with Gasteiger partial charge in [-0.3, -0.25) is 0 Å². The van der Waals surface area contributed by atoms with Crippen LogP contribution in [0.15, 0.2) is 24.3 Å². The first-order chi connectivity index (χ1) is 6.77. The number of piperidine rings is 1. The Morgan fingerprint density at radius 1 is 1.23 bits per heavy atom. The van der Waals surface area contributed by atoms with Crippen LogP contribution in [-0.2, 0) is 0 Å². The molecule has 1 aliphatic rings. The summed E-state index contributed by atoms with van der Waals surface area (Å²) in [4.78, 5) is 2.03. The van der Waals surface area contributed by atoms with E-state index in [1.165, 1.54) is 6.07 Å². The van der Waals surface area contributed by atoms with Crippen molar-refractivity contribution in [1.82, 2.24) is 0 Å². The third-order valence-corrected chi connectivity index (χ3v) is 2.40. The molecule has 0 radical (unpaired) electrons. The lowest BCUT2D eigenvalue weighted by Gasteiger charge is -2.28. The molecule has 1 fully saturated rings. The van der Waals surface area contributed by atoms with Gasteiger partial charge in [-0.2, -0.15) is 0 Å². The van der Waals surface area contributed by atoms with Crippen molar-refractivity contribution in [2.45, 2.75) is 19.2 Å². The van der Waals surface area contributed by atoms with E-state index in [1.807, 2.05) is 11.0 Å². The molecule has 0 N–H and O–H groups in total. The van der Waals surface area contributed by atoms with Crippen molar-refractivity contribution in [2.24, 2.45) is 0 Å². The Bertz CT molecular complexity index is 308. The molecule has 0 aliphatic carbocycles. The van der Waals surface area contributed by atoms with E-state index in [9.17, 15) is 4.39 Å². The van der Waals surface area contributed by atoms with Crippen LogP contribution in [0.5, 0.6) is 0 Å². The fourth-order valence-corrected chi connectivity index (χ4v) is 1.70. The topological polar surface area (TPSA) is 3.24 Å². The van der Waals surface area contributed by atoms with Crippen LogP contribution in [0.2, 0.25) is 0 Å². The number of anilines is 1. The second-order valence-electron chi connectivity index (χ2n) is 3.30. The first-order valence-electron chi connectivity index (χ1n) is 5.27. The van der Waals surface area contributed by atoms with Crippen molar-refractivity contribution in [2.75, 3.05) is 18.0 Å². The largest absolute Gasteiger partial charge is 0.369 e. The first kappa shape index (κ1) is 7.36. The summed E-state index contributed by atoms with van der Waals surface area (Å²) < 4.78 is 20.9. The molecule has 2 rings (SSSR count). The molecular weight excluding hydrogens is 165 g/mol. The van der Waals surface area contributed by atoms with Crippen molar-refractivity contribution in [3.8, 4) is 0 Å². The molecule has 0 unspecified atom stereocenters. The van der Waals surface area contributed by atoms with Gasteiger partial charge >= 0.3 is 0 Å². The summed E-state index contributed by atoms with van der Waals surface area (Å²) in [6, 6.07) is 6.85. The lowest BCUT2D eigenvalue weighted by Crippen LogP contribution is -2.30. The van der Waals surface area contributed by atoms with E-state index >= 15 is 0 Å². The monoisotopic (exact) mass is 180 g/mol. The van der Waals surface area contributed by atoms with Crippen molar-refractivity contribution in [3.63, 3.8) is 0 Å². The van der Waals surface area contributed by atoms with E-state index in [0.29, 0.717) is 5.69 Å². The van der Waals surface area contributed by atoms with Crippen molar-refractivity contribution < 1.29 is 5.76 Å². The highest BCUT2D eigenvalue weighted by atomic mass is 19.1. The SMILES string of the molecule is [2H]C1CCN(c2ccccc2F)CC1. The van der Waals surface area contributed by atoms with Gasteiger partial charge in [-0.1, -0.05) is 12.1 Å². The van der Waals surface area contributed by atoms with Gasteiger partial charge in [0.05, 0.1) is 5.69 Å². The Balaban J connectivity index is 2.12. The van der Waals surface area contributed by atoms with Gasteiger partial charge in [0.15, 0.2) is 0 Å². The minimum absolute atomic E-state index is 0.0398. The van der Waals surface area contributed by atoms with E-state index in [2.05, 4.69) is 0 Å². The minimum atomic E-state index is -0.157. The predicted molar refractivity (Wildman–Crippen MR) is 52.5 cm³/mol. The number of benzene rings is 1. The molecule has 0 amide bonds. The molecule has 1 aromatic rings. The molecule has 0 atom stereocenters. The molecule has 1 saturated heterocycles. The molecule has 13 heavy (non-hydrogen) atoms. The average Bonchev–Trinajstić information content (AvgIpc) is 2.20. The Labute approximate surface area is 79.6 Å². The van der Waals surface area contributed by atoms with Crippen LogP contribution in [0.3, 0.4) is 0 Å². The van der Waals surface area contributed by atoms with Crippen molar-refractivity contribution in [1.29, 1.82) is 0 Å². The van der Waals surface area contributed by atoms with Gasteiger partial charge in [0.1, 0.15) is 5.82 Å². The Hall–Kier alpha value is -1.05. The molecule has 2 heteroatoms. The van der Waals surface area contributed by atoms with Crippen LogP contribution < -0.4 is 4.90 Å². The fraction of sp³-hybridized carbons (Fsp3) is 0.455. The molecule has 0 aromatic heterocycles. The average molecular weight is 180 g/mol. The van der Waals surface area contributed by atoms with Gasteiger partial charge in [0, 0.05) is 14.5 Å². The number of hydrogen-bond donors (Lipinski definition) is 0.